The van der Waals surface area contributed by atoms with Gasteiger partial charge in [0.2, 0.25) is 0 Å². The summed E-state index contributed by atoms with van der Waals surface area (Å²) >= 11 is 0. The van der Waals surface area contributed by atoms with Gasteiger partial charge < -0.3 is 15.4 Å². The lowest BCUT2D eigenvalue weighted by molar-refractivity contribution is 0.0950. The standard InChI is InChI=1S/C27H24FN3O2/c1-3-20-8-5-11-24(20)31-26-16-22(13-14-29-26)33-25-12-6-10-23(18(25)2)27(32)30-17-19-7-4-9-21(28)15-19/h3-16H,17H2,1-2H3,(H,29,31)(H,30,32)/b20-3+. The number of carbonyl (C=O) groups excluding carboxylic acids is 1. The van der Waals surface area contributed by atoms with Gasteiger partial charge >= 0.3 is 0 Å². The summed E-state index contributed by atoms with van der Waals surface area (Å²) in [6.45, 7) is 4.05. The van der Waals surface area contributed by atoms with Gasteiger partial charge in [-0.25, -0.2) is 9.37 Å². The van der Waals surface area contributed by atoms with Gasteiger partial charge in [0.05, 0.1) is 0 Å². The van der Waals surface area contributed by atoms with Crippen LogP contribution in [0.3, 0.4) is 0 Å². The molecule has 0 atom stereocenters. The highest BCUT2D eigenvalue weighted by Gasteiger charge is 2.14. The zero-order valence-electron chi connectivity index (χ0n) is 18.4. The summed E-state index contributed by atoms with van der Waals surface area (Å²) in [5.41, 5.74) is 3.96. The molecule has 0 fully saturated rings. The maximum Gasteiger partial charge on any atom is 0.251 e. The third-order valence-corrected chi connectivity index (χ3v) is 5.25. The van der Waals surface area contributed by atoms with E-state index in [0.29, 0.717) is 34.0 Å². The Morgan fingerprint density at radius 1 is 1.15 bits per heavy atom. The molecule has 1 aliphatic carbocycles. The van der Waals surface area contributed by atoms with E-state index in [0.717, 1.165) is 11.3 Å². The number of nitrogens with one attached hydrogen (secondary N) is 2. The van der Waals surface area contributed by atoms with Gasteiger partial charge in [0.1, 0.15) is 23.1 Å². The van der Waals surface area contributed by atoms with Crippen molar-refractivity contribution >= 4 is 11.7 Å². The predicted molar refractivity (Wildman–Crippen MR) is 128 cm³/mol. The predicted octanol–water partition coefficient (Wildman–Crippen LogP) is 6.06. The summed E-state index contributed by atoms with van der Waals surface area (Å²) in [5.74, 6) is 1.24. The van der Waals surface area contributed by atoms with Crippen LogP contribution in [0.5, 0.6) is 11.5 Å². The van der Waals surface area contributed by atoms with Crippen molar-refractivity contribution in [2.75, 3.05) is 5.32 Å². The Morgan fingerprint density at radius 2 is 2.00 bits per heavy atom. The highest BCUT2D eigenvalue weighted by Crippen LogP contribution is 2.29. The van der Waals surface area contributed by atoms with E-state index >= 15 is 0 Å². The number of aromatic nitrogens is 1. The third kappa shape index (κ3) is 5.36. The van der Waals surface area contributed by atoms with Crippen molar-refractivity contribution in [1.82, 2.24) is 10.3 Å². The van der Waals surface area contributed by atoms with Crippen molar-refractivity contribution in [3.8, 4) is 11.5 Å². The molecule has 2 N–H and O–H groups in total. The van der Waals surface area contributed by atoms with Crippen LogP contribution in [-0.4, -0.2) is 10.9 Å². The van der Waals surface area contributed by atoms with Crippen molar-refractivity contribution in [2.24, 2.45) is 0 Å². The lowest BCUT2D eigenvalue weighted by Crippen LogP contribution is -2.23. The minimum absolute atomic E-state index is 0.236. The van der Waals surface area contributed by atoms with Crippen molar-refractivity contribution in [2.45, 2.75) is 20.4 Å². The first-order valence-corrected chi connectivity index (χ1v) is 10.6. The first-order chi connectivity index (χ1) is 16.0. The number of benzene rings is 2. The van der Waals surface area contributed by atoms with Crippen LogP contribution in [0.2, 0.25) is 0 Å². The number of anilines is 1. The van der Waals surface area contributed by atoms with E-state index in [1.807, 2.05) is 50.3 Å². The summed E-state index contributed by atoms with van der Waals surface area (Å²) < 4.78 is 19.4. The molecule has 0 saturated heterocycles. The van der Waals surface area contributed by atoms with E-state index in [1.165, 1.54) is 12.1 Å². The fourth-order valence-corrected chi connectivity index (χ4v) is 3.50. The van der Waals surface area contributed by atoms with E-state index in [1.54, 1.807) is 36.5 Å². The summed E-state index contributed by atoms with van der Waals surface area (Å²) in [4.78, 5) is 17.1. The van der Waals surface area contributed by atoms with Crippen LogP contribution >= 0.6 is 0 Å². The molecule has 5 nitrogen and oxygen atoms in total. The molecule has 1 aliphatic rings. The molecule has 6 heteroatoms. The third-order valence-electron chi connectivity index (χ3n) is 5.25. The van der Waals surface area contributed by atoms with Crippen LogP contribution in [0, 0.1) is 12.7 Å². The molecule has 33 heavy (non-hydrogen) atoms. The number of amides is 1. The van der Waals surface area contributed by atoms with Crippen LogP contribution in [0.15, 0.2) is 96.4 Å². The molecule has 2 aromatic carbocycles. The van der Waals surface area contributed by atoms with Gasteiger partial charge in [0, 0.05) is 35.6 Å². The highest BCUT2D eigenvalue weighted by molar-refractivity contribution is 5.96. The zero-order chi connectivity index (χ0) is 23.2. The fraction of sp³-hybridized carbons (Fsp3) is 0.111. The zero-order valence-corrected chi connectivity index (χ0v) is 18.4. The number of carbonyl (C=O) groups is 1. The van der Waals surface area contributed by atoms with E-state index < -0.39 is 0 Å². The Morgan fingerprint density at radius 3 is 2.82 bits per heavy atom. The number of ether oxygens (including phenoxy) is 1. The summed E-state index contributed by atoms with van der Waals surface area (Å²) in [6.07, 6.45) is 9.68. The number of allylic oxidation sites excluding steroid dienone is 4. The van der Waals surface area contributed by atoms with Gasteiger partial charge in [-0.2, -0.15) is 0 Å². The number of hydrogen-bond acceptors (Lipinski definition) is 4. The van der Waals surface area contributed by atoms with E-state index in [-0.39, 0.29) is 18.3 Å². The first kappa shape index (κ1) is 22.0. The molecule has 3 aromatic rings. The van der Waals surface area contributed by atoms with Gasteiger partial charge in [-0.3, -0.25) is 4.79 Å². The number of halogens is 1. The summed E-state index contributed by atoms with van der Waals surface area (Å²) in [5, 5.41) is 6.13. The maximum atomic E-state index is 13.4. The lowest BCUT2D eigenvalue weighted by Gasteiger charge is -2.14. The normalized spacial score (nSPS) is 13.7. The number of hydrogen-bond donors (Lipinski definition) is 2. The van der Waals surface area contributed by atoms with E-state index in [9.17, 15) is 9.18 Å². The van der Waals surface area contributed by atoms with Crippen molar-refractivity contribution < 1.29 is 13.9 Å². The molecule has 0 radical (unpaired) electrons. The molecule has 0 saturated carbocycles. The monoisotopic (exact) mass is 441 g/mol. The average molecular weight is 442 g/mol. The topological polar surface area (TPSA) is 63.2 Å². The summed E-state index contributed by atoms with van der Waals surface area (Å²) in [6, 6.07) is 15.1. The Labute approximate surface area is 192 Å². The molecule has 0 bridgehead atoms. The van der Waals surface area contributed by atoms with Crippen LogP contribution in [0.1, 0.15) is 28.4 Å². The van der Waals surface area contributed by atoms with E-state index in [2.05, 4.69) is 15.6 Å². The van der Waals surface area contributed by atoms with Crippen molar-refractivity contribution in [3.63, 3.8) is 0 Å². The van der Waals surface area contributed by atoms with Crippen LogP contribution in [0.25, 0.3) is 0 Å². The van der Waals surface area contributed by atoms with E-state index in [4.69, 9.17) is 4.74 Å². The van der Waals surface area contributed by atoms with Crippen LogP contribution in [0.4, 0.5) is 10.2 Å². The minimum Gasteiger partial charge on any atom is -0.457 e. The van der Waals surface area contributed by atoms with Gasteiger partial charge in [-0.1, -0.05) is 36.4 Å². The molecule has 0 aliphatic heterocycles. The summed E-state index contributed by atoms with van der Waals surface area (Å²) in [7, 11) is 0. The lowest BCUT2D eigenvalue weighted by atomic mass is 10.1. The molecule has 166 valence electrons. The molecular weight excluding hydrogens is 417 g/mol. The molecule has 1 heterocycles. The van der Waals surface area contributed by atoms with Crippen molar-refractivity contribution in [3.05, 3.63) is 119 Å². The molecule has 4 rings (SSSR count). The van der Waals surface area contributed by atoms with Gasteiger partial charge in [0.25, 0.3) is 5.91 Å². The highest BCUT2D eigenvalue weighted by atomic mass is 19.1. The maximum absolute atomic E-state index is 13.4. The average Bonchev–Trinajstić information content (AvgIpc) is 3.26. The number of rotatable bonds is 7. The SMILES string of the molecule is C/C=C1\C=CC=C1Nc1cc(Oc2cccc(C(=O)NCc3cccc(F)c3)c2C)ccn1. The first-order valence-electron chi connectivity index (χ1n) is 10.6. The smallest absolute Gasteiger partial charge is 0.251 e. The second-order valence-corrected chi connectivity index (χ2v) is 7.53. The van der Waals surface area contributed by atoms with Crippen molar-refractivity contribution in [1.29, 1.82) is 0 Å². The molecular formula is C27H24FN3O2. The Hall–Kier alpha value is -4.19. The Balaban J connectivity index is 1.46. The molecule has 1 amide bonds. The Kier molecular flexibility index (Phi) is 6.64. The number of nitrogens with zero attached hydrogens (tertiary/aromatic N) is 1. The fourth-order valence-electron chi connectivity index (χ4n) is 3.50. The van der Waals surface area contributed by atoms with Gasteiger partial charge in [-0.15, -0.1) is 0 Å². The van der Waals surface area contributed by atoms with Gasteiger partial charge in [-0.05, 0) is 61.4 Å². The largest absolute Gasteiger partial charge is 0.457 e. The van der Waals surface area contributed by atoms with Gasteiger partial charge in [0.15, 0.2) is 0 Å². The van der Waals surface area contributed by atoms with Crippen LogP contribution < -0.4 is 15.4 Å². The minimum atomic E-state index is -0.332. The second kappa shape index (κ2) is 9.96. The Bertz CT molecular complexity index is 1280. The molecule has 0 spiro atoms. The number of pyridine rings is 1. The quantitative estimate of drug-likeness (QED) is 0.468. The molecule has 0 unspecified atom stereocenters. The second-order valence-electron chi connectivity index (χ2n) is 7.53. The molecule has 1 aromatic heterocycles. The van der Waals surface area contributed by atoms with Crippen LogP contribution in [-0.2, 0) is 6.54 Å².